The third-order valence-electron chi connectivity index (χ3n) is 1.47. The first-order valence-electron chi connectivity index (χ1n) is 3.55. The first kappa shape index (κ1) is 8.30. The molecule has 11 heavy (non-hydrogen) atoms. The van der Waals surface area contributed by atoms with Crippen LogP contribution < -0.4 is 0 Å². The fraction of sp³-hybridized carbons (Fsp3) is 0.500. The molecule has 1 rings (SSSR count). The highest BCUT2D eigenvalue weighted by Crippen LogP contribution is 2.12. The minimum Gasteiger partial charge on any atom is -0.472 e. The summed E-state index contributed by atoms with van der Waals surface area (Å²) in [5.41, 5.74) is 0.832. The van der Waals surface area contributed by atoms with E-state index in [1.807, 2.05) is 19.0 Å². The first-order valence-corrected chi connectivity index (χ1v) is 3.55. The van der Waals surface area contributed by atoms with Gasteiger partial charge in [0.15, 0.2) is 0 Å². The Morgan fingerprint density at radius 2 is 2.36 bits per heavy atom. The van der Waals surface area contributed by atoms with E-state index in [-0.39, 0.29) is 0 Å². The summed E-state index contributed by atoms with van der Waals surface area (Å²) < 4.78 is 4.84. The zero-order valence-corrected chi connectivity index (χ0v) is 6.82. The second kappa shape index (κ2) is 3.55. The van der Waals surface area contributed by atoms with Crippen molar-refractivity contribution in [1.82, 2.24) is 4.90 Å². The number of furan rings is 1. The quantitative estimate of drug-likeness (QED) is 0.703. The molecule has 0 aromatic carbocycles. The lowest BCUT2D eigenvalue weighted by Gasteiger charge is -2.13. The molecule has 0 amide bonds. The minimum absolute atomic E-state index is 0.441. The number of hydrogen-bond donors (Lipinski definition) is 1. The van der Waals surface area contributed by atoms with Crippen molar-refractivity contribution in [2.45, 2.75) is 6.10 Å². The van der Waals surface area contributed by atoms with Crippen LogP contribution in [0.4, 0.5) is 0 Å². The lowest BCUT2D eigenvalue weighted by atomic mass is 10.2. The summed E-state index contributed by atoms with van der Waals surface area (Å²) in [6.45, 7) is 0.625. The second-order valence-corrected chi connectivity index (χ2v) is 2.83. The zero-order valence-electron chi connectivity index (χ0n) is 6.82. The van der Waals surface area contributed by atoms with Crippen molar-refractivity contribution >= 4 is 0 Å². The van der Waals surface area contributed by atoms with Gasteiger partial charge in [-0.1, -0.05) is 0 Å². The van der Waals surface area contributed by atoms with Crippen LogP contribution in [0.1, 0.15) is 11.7 Å². The third kappa shape index (κ3) is 2.37. The molecule has 1 atom stereocenters. The number of nitrogens with zero attached hydrogens (tertiary/aromatic N) is 1. The number of aliphatic hydroxyl groups excluding tert-OH is 1. The summed E-state index contributed by atoms with van der Waals surface area (Å²) >= 11 is 0. The number of aliphatic hydroxyl groups is 1. The number of hydrogen-bond acceptors (Lipinski definition) is 3. The molecule has 0 aliphatic carbocycles. The van der Waals surface area contributed by atoms with Crippen molar-refractivity contribution in [3.05, 3.63) is 24.2 Å². The number of likely N-dealkylation sites (N-methyl/N-ethyl adjacent to an activating group) is 1. The van der Waals surface area contributed by atoms with Gasteiger partial charge in [0.25, 0.3) is 0 Å². The van der Waals surface area contributed by atoms with E-state index in [1.54, 1.807) is 18.6 Å². The van der Waals surface area contributed by atoms with Gasteiger partial charge in [-0.3, -0.25) is 0 Å². The maximum Gasteiger partial charge on any atom is 0.0961 e. The van der Waals surface area contributed by atoms with E-state index in [0.717, 1.165) is 5.56 Å². The van der Waals surface area contributed by atoms with E-state index in [0.29, 0.717) is 6.54 Å². The molecule has 1 aromatic rings. The third-order valence-corrected chi connectivity index (χ3v) is 1.47. The molecule has 0 spiro atoms. The van der Waals surface area contributed by atoms with Crippen LogP contribution in [0.5, 0.6) is 0 Å². The Balaban J connectivity index is 2.49. The molecule has 0 radical (unpaired) electrons. The largest absolute Gasteiger partial charge is 0.472 e. The number of rotatable bonds is 3. The summed E-state index contributed by atoms with van der Waals surface area (Å²) in [5, 5.41) is 9.48. The van der Waals surface area contributed by atoms with Gasteiger partial charge in [0.1, 0.15) is 0 Å². The van der Waals surface area contributed by atoms with Crippen LogP contribution in [0.15, 0.2) is 23.0 Å². The lowest BCUT2D eigenvalue weighted by molar-refractivity contribution is 0.138. The molecule has 3 heteroatoms. The van der Waals surface area contributed by atoms with E-state index in [2.05, 4.69) is 0 Å². The molecule has 1 unspecified atom stereocenters. The maximum atomic E-state index is 9.48. The van der Waals surface area contributed by atoms with Gasteiger partial charge < -0.3 is 14.4 Å². The van der Waals surface area contributed by atoms with Crippen LogP contribution >= 0.6 is 0 Å². The van der Waals surface area contributed by atoms with Gasteiger partial charge in [-0.25, -0.2) is 0 Å². The molecule has 0 aliphatic rings. The average molecular weight is 155 g/mol. The van der Waals surface area contributed by atoms with Gasteiger partial charge in [0.05, 0.1) is 18.6 Å². The molecule has 0 bridgehead atoms. The monoisotopic (exact) mass is 155 g/mol. The average Bonchev–Trinajstić information content (AvgIpc) is 2.35. The van der Waals surface area contributed by atoms with Crippen molar-refractivity contribution in [3.8, 4) is 0 Å². The van der Waals surface area contributed by atoms with E-state index in [9.17, 15) is 5.11 Å². The normalized spacial score (nSPS) is 13.8. The highest BCUT2D eigenvalue weighted by molar-refractivity contribution is 5.09. The zero-order chi connectivity index (χ0) is 8.27. The smallest absolute Gasteiger partial charge is 0.0961 e. The van der Waals surface area contributed by atoms with Gasteiger partial charge in [-0.05, 0) is 20.2 Å². The van der Waals surface area contributed by atoms with E-state index >= 15 is 0 Å². The Labute approximate surface area is 66.2 Å². The van der Waals surface area contributed by atoms with Crippen molar-refractivity contribution in [2.75, 3.05) is 20.6 Å². The second-order valence-electron chi connectivity index (χ2n) is 2.83. The van der Waals surface area contributed by atoms with Crippen LogP contribution in [0.25, 0.3) is 0 Å². The molecule has 62 valence electrons. The first-order chi connectivity index (χ1) is 5.20. The van der Waals surface area contributed by atoms with E-state index < -0.39 is 6.10 Å². The Kier molecular flexibility index (Phi) is 2.68. The van der Waals surface area contributed by atoms with Gasteiger partial charge >= 0.3 is 0 Å². The van der Waals surface area contributed by atoms with Crippen LogP contribution in [0, 0.1) is 0 Å². The molecular weight excluding hydrogens is 142 g/mol. The maximum absolute atomic E-state index is 9.48. The Morgan fingerprint density at radius 1 is 1.64 bits per heavy atom. The molecule has 0 aliphatic heterocycles. The molecule has 1 heterocycles. The Morgan fingerprint density at radius 3 is 2.82 bits per heavy atom. The topological polar surface area (TPSA) is 36.6 Å². The highest BCUT2D eigenvalue weighted by Gasteiger charge is 2.08. The Hall–Kier alpha value is -0.800. The molecule has 0 saturated carbocycles. The fourth-order valence-corrected chi connectivity index (χ4v) is 0.916. The molecule has 3 nitrogen and oxygen atoms in total. The van der Waals surface area contributed by atoms with Crippen molar-refractivity contribution in [3.63, 3.8) is 0 Å². The predicted octanol–water partition coefficient (Wildman–Crippen LogP) is 0.875. The van der Waals surface area contributed by atoms with Gasteiger partial charge in [0.2, 0.25) is 0 Å². The van der Waals surface area contributed by atoms with E-state index in [4.69, 9.17) is 4.42 Å². The summed E-state index contributed by atoms with van der Waals surface area (Å²) in [6.07, 6.45) is 2.69. The van der Waals surface area contributed by atoms with Crippen molar-refractivity contribution < 1.29 is 9.52 Å². The predicted molar refractivity (Wildman–Crippen MR) is 42.2 cm³/mol. The van der Waals surface area contributed by atoms with Gasteiger partial charge in [-0.2, -0.15) is 0 Å². The summed E-state index contributed by atoms with van der Waals surface area (Å²) in [7, 11) is 3.84. The van der Waals surface area contributed by atoms with Crippen LogP contribution in [-0.4, -0.2) is 30.6 Å². The standard InChI is InChI=1S/C8H13NO2/c1-9(2)5-8(10)7-3-4-11-6-7/h3-4,6,8,10H,5H2,1-2H3. The molecule has 1 aromatic heterocycles. The SMILES string of the molecule is CN(C)CC(O)c1ccoc1. The molecule has 0 fully saturated rings. The fourth-order valence-electron chi connectivity index (χ4n) is 0.916. The van der Waals surface area contributed by atoms with Crippen molar-refractivity contribution in [1.29, 1.82) is 0 Å². The van der Waals surface area contributed by atoms with Crippen LogP contribution in [0.2, 0.25) is 0 Å². The summed E-state index contributed by atoms with van der Waals surface area (Å²) in [4.78, 5) is 1.93. The Bertz CT molecular complexity index is 194. The molecule has 1 N–H and O–H groups in total. The van der Waals surface area contributed by atoms with E-state index in [1.165, 1.54) is 0 Å². The van der Waals surface area contributed by atoms with Crippen molar-refractivity contribution in [2.24, 2.45) is 0 Å². The summed E-state index contributed by atoms with van der Waals surface area (Å²) in [5.74, 6) is 0. The molecular formula is C8H13NO2. The highest BCUT2D eigenvalue weighted by atomic mass is 16.3. The van der Waals surface area contributed by atoms with Gasteiger partial charge in [0, 0.05) is 12.1 Å². The minimum atomic E-state index is -0.441. The lowest BCUT2D eigenvalue weighted by Crippen LogP contribution is -2.19. The molecule has 0 saturated heterocycles. The van der Waals surface area contributed by atoms with Crippen LogP contribution in [0.3, 0.4) is 0 Å². The van der Waals surface area contributed by atoms with Gasteiger partial charge in [-0.15, -0.1) is 0 Å². The van der Waals surface area contributed by atoms with Crippen LogP contribution in [-0.2, 0) is 0 Å². The summed E-state index contributed by atoms with van der Waals surface area (Å²) in [6, 6.07) is 1.77.